The van der Waals surface area contributed by atoms with Crippen molar-refractivity contribution in [3.63, 3.8) is 0 Å². The first-order valence-electron chi connectivity index (χ1n) is 5.68. The van der Waals surface area contributed by atoms with E-state index in [0.717, 1.165) is 25.2 Å². The summed E-state index contributed by atoms with van der Waals surface area (Å²) in [4.78, 5) is 2.63. The van der Waals surface area contributed by atoms with Gasteiger partial charge in [0, 0.05) is 19.1 Å². The highest BCUT2D eigenvalue weighted by Crippen LogP contribution is 2.27. The van der Waals surface area contributed by atoms with Crippen molar-refractivity contribution in [2.45, 2.75) is 38.6 Å². The van der Waals surface area contributed by atoms with Crippen molar-refractivity contribution in [3.8, 4) is 0 Å². The molecule has 0 aromatic carbocycles. The molecule has 1 aliphatic heterocycles. The van der Waals surface area contributed by atoms with Crippen LogP contribution in [0.5, 0.6) is 0 Å². The monoisotopic (exact) mass is 183 g/mol. The third-order valence-corrected chi connectivity index (χ3v) is 3.55. The molecule has 2 aliphatic rings. The minimum atomic E-state index is 0.875. The topological polar surface area (TPSA) is 12.5 Å². The summed E-state index contributed by atoms with van der Waals surface area (Å²) in [6.07, 6.45) is 5.70. The number of rotatable bonds is 1. The molecule has 1 aliphatic carbocycles. The molecule has 0 bridgehead atoms. The summed E-state index contributed by atoms with van der Waals surface area (Å²) in [5, 5.41) is 0. The smallest absolute Gasteiger partial charge is 0.0594 e. The van der Waals surface area contributed by atoms with Gasteiger partial charge < -0.3 is 4.74 Å². The number of morpholine rings is 1. The first-order valence-corrected chi connectivity index (χ1v) is 5.68. The second kappa shape index (κ2) is 4.43. The van der Waals surface area contributed by atoms with E-state index in [9.17, 15) is 0 Å². The van der Waals surface area contributed by atoms with E-state index in [4.69, 9.17) is 4.74 Å². The molecule has 1 saturated heterocycles. The zero-order valence-electron chi connectivity index (χ0n) is 8.67. The molecule has 0 amide bonds. The van der Waals surface area contributed by atoms with Crippen LogP contribution in [0.25, 0.3) is 0 Å². The summed E-state index contributed by atoms with van der Waals surface area (Å²) in [6.45, 7) is 6.62. The van der Waals surface area contributed by atoms with E-state index in [-0.39, 0.29) is 0 Å². The summed E-state index contributed by atoms with van der Waals surface area (Å²) in [6, 6.07) is 0.875. The van der Waals surface area contributed by atoms with Gasteiger partial charge in [0.25, 0.3) is 0 Å². The Morgan fingerprint density at radius 2 is 1.62 bits per heavy atom. The van der Waals surface area contributed by atoms with Gasteiger partial charge in [0.1, 0.15) is 0 Å². The molecule has 0 atom stereocenters. The maximum absolute atomic E-state index is 5.37. The lowest BCUT2D eigenvalue weighted by atomic mass is 9.86. The van der Waals surface area contributed by atoms with Crippen LogP contribution < -0.4 is 0 Å². The SMILES string of the molecule is C[C@H]1CC[C@@H](N2CCOCC2)CC1. The van der Waals surface area contributed by atoms with E-state index in [1.807, 2.05) is 0 Å². The van der Waals surface area contributed by atoms with Gasteiger partial charge in [-0.05, 0) is 31.6 Å². The largest absolute Gasteiger partial charge is 0.379 e. The zero-order valence-corrected chi connectivity index (χ0v) is 8.67. The van der Waals surface area contributed by atoms with Crippen LogP contribution in [-0.4, -0.2) is 37.2 Å². The summed E-state index contributed by atoms with van der Waals surface area (Å²) >= 11 is 0. The lowest BCUT2D eigenvalue weighted by molar-refractivity contribution is 0.00559. The average Bonchev–Trinajstić information content (AvgIpc) is 2.20. The second-order valence-corrected chi connectivity index (χ2v) is 4.56. The Morgan fingerprint density at radius 1 is 1.00 bits per heavy atom. The first-order chi connectivity index (χ1) is 6.36. The molecule has 13 heavy (non-hydrogen) atoms. The van der Waals surface area contributed by atoms with Gasteiger partial charge in [-0.1, -0.05) is 6.92 Å². The van der Waals surface area contributed by atoms with Crippen molar-refractivity contribution >= 4 is 0 Å². The van der Waals surface area contributed by atoms with Crippen LogP contribution in [0.3, 0.4) is 0 Å². The van der Waals surface area contributed by atoms with Gasteiger partial charge in [-0.15, -0.1) is 0 Å². The van der Waals surface area contributed by atoms with Crippen LogP contribution in [0.2, 0.25) is 0 Å². The van der Waals surface area contributed by atoms with Crippen molar-refractivity contribution in [2.24, 2.45) is 5.92 Å². The maximum atomic E-state index is 5.37. The van der Waals surface area contributed by atoms with E-state index in [1.54, 1.807) is 0 Å². The Morgan fingerprint density at radius 3 is 2.23 bits per heavy atom. The number of ether oxygens (including phenoxy) is 1. The highest BCUT2D eigenvalue weighted by Gasteiger charge is 2.24. The second-order valence-electron chi connectivity index (χ2n) is 4.56. The Kier molecular flexibility index (Phi) is 3.23. The van der Waals surface area contributed by atoms with Gasteiger partial charge in [-0.2, -0.15) is 0 Å². The lowest BCUT2D eigenvalue weighted by Gasteiger charge is -2.38. The number of hydrogen-bond acceptors (Lipinski definition) is 2. The quantitative estimate of drug-likeness (QED) is 0.615. The van der Waals surface area contributed by atoms with E-state index in [0.29, 0.717) is 0 Å². The molecule has 1 heterocycles. The number of nitrogens with zero attached hydrogens (tertiary/aromatic N) is 1. The van der Waals surface area contributed by atoms with Crippen LogP contribution in [0.15, 0.2) is 0 Å². The zero-order chi connectivity index (χ0) is 9.10. The van der Waals surface area contributed by atoms with Crippen molar-refractivity contribution in [2.75, 3.05) is 26.3 Å². The third kappa shape index (κ3) is 2.44. The minimum absolute atomic E-state index is 0.875. The average molecular weight is 183 g/mol. The van der Waals surface area contributed by atoms with Crippen molar-refractivity contribution in [1.82, 2.24) is 4.90 Å². The maximum Gasteiger partial charge on any atom is 0.0594 e. The molecular formula is C11H21NO. The summed E-state index contributed by atoms with van der Waals surface area (Å²) < 4.78 is 5.37. The van der Waals surface area contributed by atoms with E-state index < -0.39 is 0 Å². The fourth-order valence-corrected chi connectivity index (χ4v) is 2.55. The summed E-state index contributed by atoms with van der Waals surface area (Å²) in [5.41, 5.74) is 0. The van der Waals surface area contributed by atoms with Crippen molar-refractivity contribution in [1.29, 1.82) is 0 Å². The molecule has 0 N–H and O–H groups in total. The highest BCUT2D eigenvalue weighted by molar-refractivity contribution is 4.79. The molecule has 1 saturated carbocycles. The predicted molar refractivity (Wildman–Crippen MR) is 53.8 cm³/mol. The van der Waals surface area contributed by atoms with E-state index >= 15 is 0 Å². The van der Waals surface area contributed by atoms with Gasteiger partial charge in [0.2, 0.25) is 0 Å². The number of hydrogen-bond donors (Lipinski definition) is 0. The van der Waals surface area contributed by atoms with Crippen molar-refractivity contribution in [3.05, 3.63) is 0 Å². The van der Waals surface area contributed by atoms with Crippen LogP contribution >= 0.6 is 0 Å². The van der Waals surface area contributed by atoms with Gasteiger partial charge in [0.05, 0.1) is 13.2 Å². The normalized spacial score (nSPS) is 37.6. The third-order valence-electron chi connectivity index (χ3n) is 3.55. The molecule has 0 aromatic rings. The van der Waals surface area contributed by atoms with Crippen LogP contribution in [0.1, 0.15) is 32.6 Å². The molecule has 2 fully saturated rings. The highest BCUT2D eigenvalue weighted by atomic mass is 16.5. The molecule has 0 aromatic heterocycles. The first kappa shape index (κ1) is 9.47. The molecule has 0 unspecified atom stereocenters. The summed E-state index contributed by atoms with van der Waals surface area (Å²) in [5.74, 6) is 0.970. The fraction of sp³-hybridized carbons (Fsp3) is 1.00. The van der Waals surface area contributed by atoms with E-state index in [1.165, 1.54) is 38.8 Å². The van der Waals surface area contributed by atoms with Gasteiger partial charge in [0.15, 0.2) is 0 Å². The van der Waals surface area contributed by atoms with Crippen LogP contribution in [0.4, 0.5) is 0 Å². The Hall–Kier alpha value is -0.0800. The van der Waals surface area contributed by atoms with E-state index in [2.05, 4.69) is 11.8 Å². The van der Waals surface area contributed by atoms with Gasteiger partial charge in [-0.3, -0.25) is 4.90 Å². The van der Waals surface area contributed by atoms with Crippen LogP contribution in [0, 0.1) is 5.92 Å². The molecule has 0 radical (unpaired) electrons. The van der Waals surface area contributed by atoms with Gasteiger partial charge in [-0.25, -0.2) is 0 Å². The van der Waals surface area contributed by atoms with Crippen molar-refractivity contribution < 1.29 is 4.74 Å². The molecule has 76 valence electrons. The minimum Gasteiger partial charge on any atom is -0.379 e. The molecule has 0 spiro atoms. The summed E-state index contributed by atoms with van der Waals surface area (Å²) in [7, 11) is 0. The fourth-order valence-electron chi connectivity index (χ4n) is 2.55. The lowest BCUT2D eigenvalue weighted by Crippen LogP contribution is -2.44. The molecular weight excluding hydrogens is 162 g/mol. The Labute approximate surface area is 81.3 Å². The predicted octanol–water partition coefficient (Wildman–Crippen LogP) is 1.90. The Bertz CT molecular complexity index is 146. The molecule has 2 heteroatoms. The molecule has 2 nitrogen and oxygen atoms in total. The van der Waals surface area contributed by atoms with Gasteiger partial charge >= 0.3 is 0 Å². The standard InChI is InChI=1S/C11H21NO/c1-10-2-4-11(5-3-10)12-6-8-13-9-7-12/h10-11H,2-9H2,1H3/t10-,11+. The Balaban J connectivity index is 1.79. The molecule has 2 rings (SSSR count). The van der Waals surface area contributed by atoms with Crippen LogP contribution in [-0.2, 0) is 4.74 Å².